The molecular formula is C16H22ClNO2. The molecule has 20 heavy (non-hydrogen) atoms. The first-order chi connectivity index (χ1) is 9.60. The van der Waals surface area contributed by atoms with Crippen LogP contribution in [0.25, 0.3) is 0 Å². The quantitative estimate of drug-likeness (QED) is 0.849. The third-order valence-electron chi connectivity index (χ3n) is 4.05. The fourth-order valence-electron chi connectivity index (χ4n) is 3.04. The Morgan fingerprint density at radius 1 is 1.45 bits per heavy atom. The van der Waals surface area contributed by atoms with Gasteiger partial charge >= 0.3 is 5.97 Å². The van der Waals surface area contributed by atoms with E-state index in [0.29, 0.717) is 16.9 Å². The average molecular weight is 296 g/mol. The van der Waals surface area contributed by atoms with Crippen LogP contribution in [0.1, 0.15) is 32.6 Å². The predicted molar refractivity (Wildman–Crippen MR) is 82.0 cm³/mol. The molecule has 4 heteroatoms. The van der Waals surface area contributed by atoms with E-state index in [1.165, 1.54) is 20.0 Å². The molecular weight excluding hydrogens is 274 g/mol. The van der Waals surface area contributed by atoms with E-state index >= 15 is 0 Å². The Bertz CT molecular complexity index is 464. The smallest absolute Gasteiger partial charge is 0.328 e. The Hall–Kier alpha value is -1.22. The van der Waals surface area contributed by atoms with Gasteiger partial charge in [0.1, 0.15) is 6.04 Å². The van der Waals surface area contributed by atoms with Crippen molar-refractivity contribution in [1.82, 2.24) is 0 Å². The van der Waals surface area contributed by atoms with E-state index in [1.807, 2.05) is 24.3 Å². The third-order valence-corrected chi connectivity index (χ3v) is 4.29. The van der Waals surface area contributed by atoms with Gasteiger partial charge in [-0.1, -0.05) is 37.4 Å². The molecule has 1 N–H and O–H groups in total. The van der Waals surface area contributed by atoms with Crippen molar-refractivity contribution >= 4 is 23.3 Å². The summed E-state index contributed by atoms with van der Waals surface area (Å²) in [7, 11) is 1.45. The monoisotopic (exact) mass is 295 g/mol. The predicted octanol–water partition coefficient (Wildman–Crippen LogP) is 4.12. The average Bonchev–Trinajstić information content (AvgIpc) is 2.44. The minimum atomic E-state index is -0.291. The van der Waals surface area contributed by atoms with Crippen molar-refractivity contribution in [3.8, 4) is 0 Å². The molecule has 0 aliphatic heterocycles. The van der Waals surface area contributed by atoms with Gasteiger partial charge < -0.3 is 10.1 Å². The van der Waals surface area contributed by atoms with Gasteiger partial charge in [-0.3, -0.25) is 0 Å². The fraction of sp³-hybridized carbons (Fsp3) is 0.562. The summed E-state index contributed by atoms with van der Waals surface area (Å²) < 4.78 is 4.97. The van der Waals surface area contributed by atoms with Crippen molar-refractivity contribution in [2.75, 3.05) is 12.4 Å². The lowest BCUT2D eigenvalue weighted by Gasteiger charge is -2.32. The minimum absolute atomic E-state index is 0.191. The van der Waals surface area contributed by atoms with Crippen LogP contribution in [0.5, 0.6) is 0 Å². The molecule has 0 saturated heterocycles. The van der Waals surface area contributed by atoms with Crippen molar-refractivity contribution in [3.05, 3.63) is 29.3 Å². The third kappa shape index (κ3) is 3.89. The van der Waals surface area contributed by atoms with Crippen molar-refractivity contribution in [2.24, 2.45) is 11.8 Å². The van der Waals surface area contributed by atoms with Gasteiger partial charge in [-0.2, -0.15) is 0 Å². The van der Waals surface area contributed by atoms with Crippen LogP contribution in [0.2, 0.25) is 5.02 Å². The Kier molecular flexibility index (Phi) is 5.30. The van der Waals surface area contributed by atoms with E-state index in [9.17, 15) is 4.79 Å². The molecule has 0 amide bonds. The molecule has 1 aromatic rings. The Morgan fingerprint density at radius 3 is 2.90 bits per heavy atom. The highest BCUT2D eigenvalue weighted by molar-refractivity contribution is 6.30. The lowest BCUT2D eigenvalue weighted by atomic mass is 9.78. The molecule has 1 aromatic carbocycles. The Morgan fingerprint density at radius 2 is 2.25 bits per heavy atom. The van der Waals surface area contributed by atoms with Crippen LogP contribution >= 0.6 is 11.6 Å². The van der Waals surface area contributed by atoms with E-state index < -0.39 is 0 Å². The molecule has 1 fully saturated rings. The van der Waals surface area contributed by atoms with Crippen LogP contribution in [0, 0.1) is 11.8 Å². The molecule has 3 nitrogen and oxygen atoms in total. The number of hydrogen-bond donors (Lipinski definition) is 1. The molecule has 0 spiro atoms. The van der Waals surface area contributed by atoms with Gasteiger partial charge in [-0.25, -0.2) is 4.79 Å². The van der Waals surface area contributed by atoms with Gasteiger partial charge in [0.25, 0.3) is 0 Å². The van der Waals surface area contributed by atoms with Crippen LogP contribution in [0.15, 0.2) is 24.3 Å². The Labute approximate surface area is 125 Å². The molecule has 3 unspecified atom stereocenters. The number of rotatable bonds is 4. The van der Waals surface area contributed by atoms with Crippen molar-refractivity contribution in [3.63, 3.8) is 0 Å². The second kappa shape index (κ2) is 6.98. The summed E-state index contributed by atoms with van der Waals surface area (Å²) in [5.74, 6) is 0.802. The maximum atomic E-state index is 12.1. The zero-order chi connectivity index (χ0) is 14.5. The molecule has 0 bridgehead atoms. The maximum absolute atomic E-state index is 12.1. The lowest BCUT2D eigenvalue weighted by Crippen LogP contribution is -2.40. The molecule has 1 saturated carbocycles. The highest BCUT2D eigenvalue weighted by Gasteiger charge is 2.32. The van der Waals surface area contributed by atoms with Gasteiger partial charge in [-0.15, -0.1) is 0 Å². The minimum Gasteiger partial charge on any atom is -0.467 e. The summed E-state index contributed by atoms with van der Waals surface area (Å²) in [6.07, 6.45) is 4.56. The second-order valence-corrected chi connectivity index (χ2v) is 6.12. The first-order valence-corrected chi connectivity index (χ1v) is 7.58. The number of carbonyl (C=O) groups excluding carboxylic acids is 1. The summed E-state index contributed by atoms with van der Waals surface area (Å²) in [5.41, 5.74) is 0.867. The largest absolute Gasteiger partial charge is 0.467 e. The number of hydrogen-bond acceptors (Lipinski definition) is 3. The number of esters is 1. The number of methoxy groups -OCH3 is 1. The summed E-state index contributed by atoms with van der Waals surface area (Å²) in [6.45, 7) is 2.25. The molecule has 1 aliphatic rings. The highest BCUT2D eigenvalue weighted by atomic mass is 35.5. The summed E-state index contributed by atoms with van der Waals surface area (Å²) >= 11 is 5.99. The number of carbonyl (C=O) groups is 1. The van der Waals surface area contributed by atoms with Crippen LogP contribution in [-0.4, -0.2) is 19.1 Å². The molecule has 0 aromatic heterocycles. The van der Waals surface area contributed by atoms with E-state index in [0.717, 1.165) is 18.5 Å². The van der Waals surface area contributed by atoms with Gasteiger partial charge in [0.2, 0.25) is 0 Å². The molecule has 2 rings (SSSR count). The van der Waals surface area contributed by atoms with Gasteiger partial charge in [-0.05, 0) is 42.9 Å². The zero-order valence-corrected chi connectivity index (χ0v) is 12.8. The summed E-state index contributed by atoms with van der Waals surface area (Å²) in [4.78, 5) is 12.1. The highest BCUT2D eigenvalue weighted by Crippen LogP contribution is 2.32. The van der Waals surface area contributed by atoms with E-state index in [4.69, 9.17) is 16.3 Å². The topological polar surface area (TPSA) is 38.3 Å². The zero-order valence-electron chi connectivity index (χ0n) is 12.1. The first-order valence-electron chi connectivity index (χ1n) is 7.20. The number of ether oxygens (including phenoxy) is 1. The fourth-order valence-corrected chi connectivity index (χ4v) is 3.23. The van der Waals surface area contributed by atoms with Crippen molar-refractivity contribution in [2.45, 2.75) is 38.6 Å². The van der Waals surface area contributed by atoms with Crippen molar-refractivity contribution < 1.29 is 9.53 Å². The molecule has 110 valence electrons. The number of nitrogens with one attached hydrogen (secondary N) is 1. The Balaban J connectivity index is 2.13. The van der Waals surface area contributed by atoms with Gasteiger partial charge in [0.15, 0.2) is 0 Å². The lowest BCUT2D eigenvalue weighted by molar-refractivity contribution is -0.143. The molecule has 0 radical (unpaired) electrons. The maximum Gasteiger partial charge on any atom is 0.328 e. The molecule has 1 aliphatic carbocycles. The van der Waals surface area contributed by atoms with Crippen LogP contribution in [0.3, 0.4) is 0 Å². The van der Waals surface area contributed by atoms with Gasteiger partial charge in [0, 0.05) is 10.7 Å². The number of halogens is 1. The van der Waals surface area contributed by atoms with E-state index in [1.54, 1.807) is 0 Å². The van der Waals surface area contributed by atoms with Crippen molar-refractivity contribution in [1.29, 1.82) is 0 Å². The van der Waals surface area contributed by atoms with Crippen LogP contribution < -0.4 is 5.32 Å². The second-order valence-electron chi connectivity index (χ2n) is 5.69. The van der Waals surface area contributed by atoms with Gasteiger partial charge in [0.05, 0.1) is 7.11 Å². The molecule has 3 atom stereocenters. The van der Waals surface area contributed by atoms with E-state index in [-0.39, 0.29) is 12.0 Å². The van der Waals surface area contributed by atoms with E-state index in [2.05, 4.69) is 12.2 Å². The summed E-state index contributed by atoms with van der Waals surface area (Å²) in [6, 6.07) is 7.17. The van der Waals surface area contributed by atoms with Crippen LogP contribution in [0.4, 0.5) is 5.69 Å². The number of benzene rings is 1. The summed E-state index contributed by atoms with van der Waals surface area (Å²) in [5, 5.41) is 3.96. The molecule has 0 heterocycles. The SMILES string of the molecule is COC(=O)C(Nc1cccc(Cl)c1)C1CCCC(C)C1. The standard InChI is InChI=1S/C16H22ClNO2/c1-11-5-3-6-12(9-11)15(16(19)20-2)18-14-8-4-7-13(17)10-14/h4,7-8,10-12,15,18H,3,5-6,9H2,1-2H3. The first kappa shape index (κ1) is 15.2. The normalized spacial score (nSPS) is 23.9. The number of anilines is 1. The van der Waals surface area contributed by atoms with Crippen LogP contribution in [-0.2, 0) is 9.53 Å².